The van der Waals surface area contributed by atoms with Gasteiger partial charge in [0.15, 0.2) is 5.76 Å². The fourth-order valence-corrected chi connectivity index (χ4v) is 4.85. The van der Waals surface area contributed by atoms with Gasteiger partial charge in [0.2, 0.25) is 0 Å². The molecule has 2 aliphatic rings. The second-order valence-electron chi connectivity index (χ2n) is 8.71. The molecular weight excluding hydrogens is 449 g/mol. The van der Waals surface area contributed by atoms with E-state index in [2.05, 4.69) is 36.1 Å². The number of allylic oxidation sites excluding steroid dienone is 2. The maximum absolute atomic E-state index is 13.8. The lowest BCUT2D eigenvalue weighted by atomic mass is 9.83. The highest BCUT2D eigenvalue weighted by Crippen LogP contribution is 2.47. The van der Waals surface area contributed by atoms with Crippen molar-refractivity contribution in [2.45, 2.75) is 12.8 Å². The molecule has 0 spiro atoms. The lowest BCUT2D eigenvalue weighted by Crippen LogP contribution is -2.36. The van der Waals surface area contributed by atoms with Crippen molar-refractivity contribution < 1.29 is 13.9 Å². The van der Waals surface area contributed by atoms with Crippen LogP contribution in [0.5, 0.6) is 5.75 Å². The minimum atomic E-state index is -0.261. The lowest BCUT2D eigenvalue weighted by molar-refractivity contribution is 0.0433. The third-order valence-corrected chi connectivity index (χ3v) is 6.79. The van der Waals surface area contributed by atoms with Crippen LogP contribution < -0.4 is 4.74 Å². The molecule has 1 saturated heterocycles. The van der Waals surface area contributed by atoms with Crippen LogP contribution in [0.1, 0.15) is 28.2 Å². The molecule has 3 nitrogen and oxygen atoms in total. The van der Waals surface area contributed by atoms with Crippen molar-refractivity contribution in [1.29, 1.82) is 0 Å². The molecule has 0 aromatic heterocycles. The molecule has 0 N–H and O–H groups in total. The van der Waals surface area contributed by atoms with Crippen molar-refractivity contribution in [1.82, 2.24) is 4.90 Å². The first-order valence-corrected chi connectivity index (χ1v) is 12.0. The third kappa shape index (κ3) is 4.80. The summed E-state index contributed by atoms with van der Waals surface area (Å²) in [5, 5.41) is 0.572. The summed E-state index contributed by atoms with van der Waals surface area (Å²) in [4.78, 5) is 2.35. The molecule has 0 aliphatic carbocycles. The van der Waals surface area contributed by atoms with Gasteiger partial charge < -0.3 is 9.47 Å². The Kier molecular flexibility index (Phi) is 6.82. The highest BCUT2D eigenvalue weighted by atomic mass is 35.5. The quantitative estimate of drug-likeness (QED) is 0.428. The van der Waals surface area contributed by atoms with E-state index in [1.165, 1.54) is 17.7 Å². The van der Waals surface area contributed by atoms with Gasteiger partial charge in [0.05, 0.1) is 18.2 Å². The molecule has 2 heterocycles. The summed E-state index contributed by atoms with van der Waals surface area (Å²) in [6.45, 7) is 6.02. The molecule has 2 aliphatic heterocycles. The van der Waals surface area contributed by atoms with Crippen molar-refractivity contribution in [3.05, 3.63) is 118 Å². The van der Waals surface area contributed by atoms with Crippen LogP contribution >= 0.6 is 11.6 Å². The summed E-state index contributed by atoms with van der Waals surface area (Å²) in [5.74, 6) is 0.934. The van der Waals surface area contributed by atoms with E-state index in [1.54, 1.807) is 0 Å². The van der Waals surface area contributed by atoms with Gasteiger partial charge in [-0.2, -0.15) is 0 Å². The van der Waals surface area contributed by atoms with Gasteiger partial charge in [-0.15, -0.1) is 0 Å². The first-order chi connectivity index (χ1) is 16.6. The van der Waals surface area contributed by atoms with Crippen LogP contribution in [-0.4, -0.2) is 37.7 Å². The maximum atomic E-state index is 13.8. The number of hydrogen-bond donors (Lipinski definition) is 0. The summed E-state index contributed by atoms with van der Waals surface area (Å²) in [7, 11) is 0. The van der Waals surface area contributed by atoms with Crippen LogP contribution in [0.4, 0.5) is 4.39 Å². The minimum Gasteiger partial charge on any atom is -0.455 e. The van der Waals surface area contributed by atoms with E-state index in [1.807, 2.05) is 42.5 Å². The van der Waals surface area contributed by atoms with E-state index >= 15 is 0 Å². The summed E-state index contributed by atoms with van der Waals surface area (Å²) >= 11 is 7.18. The number of ether oxygens (including phenoxy) is 2. The second-order valence-corrected chi connectivity index (χ2v) is 9.08. The van der Waals surface area contributed by atoms with Gasteiger partial charge in [-0.3, -0.25) is 4.90 Å². The fraction of sp³-hybridized carbons (Fsp3) is 0.241. The van der Waals surface area contributed by atoms with Crippen molar-refractivity contribution in [2.75, 3.05) is 32.8 Å². The predicted octanol–water partition coefficient (Wildman–Crippen LogP) is 6.52. The Bertz CT molecular complexity index is 1210. The average molecular weight is 476 g/mol. The summed E-state index contributed by atoms with van der Waals surface area (Å²) in [6, 6.07) is 22.9. The summed E-state index contributed by atoms with van der Waals surface area (Å²) < 4.78 is 25.8. The van der Waals surface area contributed by atoms with Crippen LogP contribution in [0, 0.1) is 12.7 Å². The zero-order valence-electron chi connectivity index (χ0n) is 19.1. The molecule has 0 amide bonds. The number of nitrogens with zero attached hydrogens (tertiary/aromatic N) is 1. The van der Waals surface area contributed by atoms with E-state index in [4.69, 9.17) is 21.1 Å². The Balaban J connectivity index is 1.68. The van der Waals surface area contributed by atoms with Gasteiger partial charge in [0, 0.05) is 36.7 Å². The zero-order valence-corrected chi connectivity index (χ0v) is 19.9. The molecule has 3 aromatic rings. The Morgan fingerprint density at radius 2 is 1.68 bits per heavy atom. The van der Waals surface area contributed by atoms with Gasteiger partial charge in [-0.05, 0) is 36.3 Å². The van der Waals surface area contributed by atoms with Crippen molar-refractivity contribution in [3.63, 3.8) is 0 Å². The molecule has 1 atom stereocenters. The van der Waals surface area contributed by atoms with E-state index in [0.717, 1.165) is 60.9 Å². The van der Waals surface area contributed by atoms with Crippen LogP contribution in [0.2, 0.25) is 0 Å². The number of hydrogen-bond acceptors (Lipinski definition) is 3. The Labute approximate surface area is 205 Å². The van der Waals surface area contributed by atoms with Gasteiger partial charge >= 0.3 is 0 Å². The smallest absolute Gasteiger partial charge is 0.153 e. The number of morpholine rings is 1. The molecule has 1 fully saturated rings. The standard InChI is InChI=1S/C29H27ClFNO2/c1-20-6-8-22(9-7-20)29-28(30)25(14-15-32-16-18-33-19-17-32)27(21-10-12-23(31)13-11-21)24-4-2-3-5-26(24)34-29/h2-14,27H,15-19H2,1H3. The minimum absolute atomic E-state index is 0.187. The number of halogens is 2. The van der Waals surface area contributed by atoms with Crippen LogP contribution in [0.3, 0.4) is 0 Å². The topological polar surface area (TPSA) is 21.7 Å². The van der Waals surface area contributed by atoms with Gasteiger partial charge in [0.1, 0.15) is 11.6 Å². The Morgan fingerprint density at radius 1 is 0.971 bits per heavy atom. The van der Waals surface area contributed by atoms with Crippen LogP contribution in [-0.2, 0) is 4.74 Å². The molecule has 34 heavy (non-hydrogen) atoms. The molecule has 5 heteroatoms. The normalized spacial score (nSPS) is 20.1. The van der Waals surface area contributed by atoms with Gasteiger partial charge in [-0.25, -0.2) is 4.39 Å². The first kappa shape index (κ1) is 22.9. The fourth-order valence-electron chi connectivity index (χ4n) is 4.52. The second kappa shape index (κ2) is 10.1. The summed E-state index contributed by atoms with van der Waals surface area (Å²) in [5.41, 5.74) is 5.01. The molecule has 3 aromatic carbocycles. The molecule has 0 radical (unpaired) electrons. The molecule has 174 valence electrons. The highest BCUT2D eigenvalue weighted by molar-refractivity contribution is 6.35. The summed E-state index contributed by atoms with van der Waals surface area (Å²) in [6.07, 6.45) is 2.20. The van der Waals surface area contributed by atoms with Crippen molar-refractivity contribution >= 4 is 17.4 Å². The largest absolute Gasteiger partial charge is 0.455 e. The number of benzene rings is 3. The van der Waals surface area contributed by atoms with Crippen LogP contribution in [0.25, 0.3) is 5.76 Å². The van der Waals surface area contributed by atoms with E-state index in [9.17, 15) is 4.39 Å². The molecule has 1 unspecified atom stereocenters. The molecule has 5 rings (SSSR count). The molecular formula is C29H27ClFNO2. The van der Waals surface area contributed by atoms with Gasteiger partial charge in [-0.1, -0.05) is 77.8 Å². The average Bonchev–Trinajstić information content (AvgIpc) is 2.99. The monoisotopic (exact) mass is 475 g/mol. The number of fused-ring (bicyclic) bond motifs is 1. The van der Waals surface area contributed by atoms with Crippen molar-refractivity contribution in [2.24, 2.45) is 0 Å². The molecule has 0 bridgehead atoms. The van der Waals surface area contributed by atoms with E-state index in [-0.39, 0.29) is 11.7 Å². The number of rotatable bonds is 4. The Morgan fingerprint density at radius 3 is 2.41 bits per heavy atom. The SMILES string of the molecule is Cc1ccc(C2=C(Cl)C(=CCN3CCOCC3)C(c3ccc(F)cc3)c3ccccc3O2)cc1. The Hall–Kier alpha value is -2.92. The zero-order chi connectivity index (χ0) is 23.5. The first-order valence-electron chi connectivity index (χ1n) is 11.6. The van der Waals surface area contributed by atoms with Gasteiger partial charge in [0.25, 0.3) is 0 Å². The number of aryl methyl sites for hydroxylation is 1. The maximum Gasteiger partial charge on any atom is 0.153 e. The predicted molar refractivity (Wildman–Crippen MR) is 135 cm³/mol. The van der Waals surface area contributed by atoms with Crippen LogP contribution in [0.15, 0.2) is 89.5 Å². The van der Waals surface area contributed by atoms with Crippen molar-refractivity contribution in [3.8, 4) is 5.75 Å². The van der Waals surface area contributed by atoms with E-state index < -0.39 is 0 Å². The lowest BCUT2D eigenvalue weighted by Gasteiger charge is -2.27. The van der Waals surface area contributed by atoms with E-state index in [0.29, 0.717) is 10.8 Å². The highest BCUT2D eigenvalue weighted by Gasteiger charge is 2.31. The third-order valence-electron chi connectivity index (χ3n) is 6.40. The number of para-hydroxylation sites is 1. The molecule has 0 saturated carbocycles.